The zero-order chi connectivity index (χ0) is 22.7. The Morgan fingerprint density at radius 3 is 2.78 bits per heavy atom. The molecule has 0 N–H and O–H groups in total. The van der Waals surface area contributed by atoms with Crippen molar-refractivity contribution >= 4 is 23.4 Å². The highest BCUT2D eigenvalue weighted by Crippen LogP contribution is 2.39. The minimum atomic E-state index is -0.568. The first-order valence-electron chi connectivity index (χ1n) is 10.2. The zero-order valence-electron chi connectivity index (χ0n) is 17.8. The molecule has 0 aliphatic carbocycles. The molecular weight excluding hydrogens is 408 g/mol. The van der Waals surface area contributed by atoms with Gasteiger partial charge in [-0.15, -0.1) is 0 Å². The van der Waals surface area contributed by atoms with E-state index in [2.05, 4.69) is 16.2 Å². The molecule has 2 aromatic heterocycles. The summed E-state index contributed by atoms with van der Waals surface area (Å²) in [6.07, 6.45) is 4.91. The molecule has 3 aromatic rings. The van der Waals surface area contributed by atoms with Crippen LogP contribution in [0.5, 0.6) is 5.88 Å². The first kappa shape index (κ1) is 21.1. The maximum Gasteiger partial charge on any atom is 0.421 e. The smallest absolute Gasteiger partial charge is 0.391 e. The molecule has 3 heterocycles. The summed E-state index contributed by atoms with van der Waals surface area (Å²) in [5.41, 5.74) is 2.88. The summed E-state index contributed by atoms with van der Waals surface area (Å²) in [5, 5.41) is 13.1. The second-order valence-electron chi connectivity index (χ2n) is 7.49. The number of aromatic nitrogens is 3. The number of carbonyl (C=O) groups is 2. The molecule has 0 fully saturated rings. The molecule has 1 aliphatic rings. The summed E-state index contributed by atoms with van der Waals surface area (Å²) in [6, 6.07) is 12.5. The molecule has 1 aromatic carbocycles. The molecule has 1 aliphatic heterocycles. The van der Waals surface area contributed by atoms with Crippen LogP contribution >= 0.6 is 0 Å². The average Bonchev–Trinajstić information content (AvgIpc) is 3.26. The number of hydrogen-bond acceptors (Lipinski definition) is 6. The van der Waals surface area contributed by atoms with Crippen LogP contribution in [-0.2, 0) is 11.3 Å². The summed E-state index contributed by atoms with van der Waals surface area (Å²) in [6.45, 7) is 4.18. The summed E-state index contributed by atoms with van der Waals surface area (Å²) < 4.78 is 7.18. The second-order valence-corrected chi connectivity index (χ2v) is 7.49. The highest BCUT2D eigenvalue weighted by Gasteiger charge is 2.35. The van der Waals surface area contributed by atoms with E-state index in [0.29, 0.717) is 24.3 Å². The minimum Gasteiger partial charge on any atom is -0.391 e. The lowest BCUT2D eigenvalue weighted by molar-refractivity contribution is -0.117. The van der Waals surface area contributed by atoms with Crippen molar-refractivity contribution in [3.05, 3.63) is 55.0 Å². The molecule has 0 saturated carbocycles. The van der Waals surface area contributed by atoms with Gasteiger partial charge in [-0.05, 0) is 30.7 Å². The van der Waals surface area contributed by atoms with Crippen LogP contribution in [-0.4, -0.2) is 39.4 Å². The molecule has 2 amide bonds. The third-order valence-corrected chi connectivity index (χ3v) is 5.22. The van der Waals surface area contributed by atoms with E-state index >= 15 is 0 Å². The topological polar surface area (TPSA) is 104 Å². The van der Waals surface area contributed by atoms with E-state index in [4.69, 9.17) is 10.00 Å². The van der Waals surface area contributed by atoms with E-state index in [1.54, 1.807) is 40.2 Å². The Morgan fingerprint density at radius 1 is 1.22 bits per heavy atom. The van der Waals surface area contributed by atoms with E-state index in [0.717, 1.165) is 11.1 Å². The van der Waals surface area contributed by atoms with Crippen molar-refractivity contribution in [3.8, 4) is 23.1 Å². The number of rotatable bonds is 4. The largest absolute Gasteiger partial charge is 0.421 e. The first-order chi connectivity index (χ1) is 15.5. The predicted molar refractivity (Wildman–Crippen MR) is 118 cm³/mol. The third kappa shape index (κ3) is 4.16. The second kappa shape index (κ2) is 8.89. The normalized spacial score (nSPS) is 15.1. The summed E-state index contributed by atoms with van der Waals surface area (Å²) in [5.74, 6) is 0.101. The molecular formula is C23H22N6O3. The molecule has 9 nitrogen and oxygen atoms in total. The highest BCUT2D eigenvalue weighted by atomic mass is 16.6. The number of nitrogens with zero attached hydrogens (tertiary/aromatic N) is 6. The number of nitriles is 1. The monoisotopic (exact) mass is 430 g/mol. The van der Waals surface area contributed by atoms with Gasteiger partial charge in [0.2, 0.25) is 11.8 Å². The van der Waals surface area contributed by atoms with Gasteiger partial charge in [0, 0.05) is 37.5 Å². The van der Waals surface area contributed by atoms with Crippen LogP contribution in [0.3, 0.4) is 0 Å². The molecule has 4 rings (SSSR count). The Hall–Kier alpha value is -4.19. The van der Waals surface area contributed by atoms with Gasteiger partial charge in [-0.2, -0.15) is 10.4 Å². The zero-order valence-corrected chi connectivity index (χ0v) is 17.8. The van der Waals surface area contributed by atoms with Crippen molar-refractivity contribution in [1.82, 2.24) is 14.8 Å². The fourth-order valence-electron chi connectivity index (χ4n) is 3.81. The quantitative estimate of drug-likeness (QED) is 0.626. The third-order valence-electron chi connectivity index (χ3n) is 5.22. The molecule has 0 saturated heterocycles. The fraction of sp³-hybridized carbons (Fsp3) is 0.261. The SMILES string of the molecule is CC(=O)N1c2ccc(-c3cnn(CCC#N)c3)cc2N(C(=O)Oc2ccccn2)C[C@@H]1C. The number of anilines is 2. The molecule has 9 heteroatoms. The lowest BCUT2D eigenvalue weighted by Gasteiger charge is -2.40. The van der Waals surface area contributed by atoms with Crippen LogP contribution < -0.4 is 14.5 Å². The van der Waals surface area contributed by atoms with Crippen molar-refractivity contribution < 1.29 is 14.3 Å². The average molecular weight is 430 g/mol. The van der Waals surface area contributed by atoms with Crippen molar-refractivity contribution in [3.63, 3.8) is 0 Å². The molecule has 0 bridgehead atoms. The lowest BCUT2D eigenvalue weighted by atomic mass is 10.0. The van der Waals surface area contributed by atoms with Crippen LogP contribution in [0.25, 0.3) is 11.1 Å². The number of hydrogen-bond donors (Lipinski definition) is 0. The van der Waals surface area contributed by atoms with Gasteiger partial charge >= 0.3 is 6.09 Å². The van der Waals surface area contributed by atoms with E-state index < -0.39 is 6.09 Å². The van der Waals surface area contributed by atoms with E-state index in [-0.39, 0.29) is 24.4 Å². The maximum absolute atomic E-state index is 13.0. The van der Waals surface area contributed by atoms with Gasteiger partial charge in [0.25, 0.3) is 0 Å². The van der Waals surface area contributed by atoms with Gasteiger partial charge in [-0.3, -0.25) is 14.4 Å². The van der Waals surface area contributed by atoms with Crippen LogP contribution in [0.4, 0.5) is 16.2 Å². The van der Waals surface area contributed by atoms with E-state index in [9.17, 15) is 9.59 Å². The molecule has 32 heavy (non-hydrogen) atoms. The van der Waals surface area contributed by atoms with E-state index in [1.807, 2.05) is 31.3 Å². The Labute approximate surface area is 185 Å². The lowest BCUT2D eigenvalue weighted by Crippen LogP contribution is -2.52. The van der Waals surface area contributed by atoms with Gasteiger partial charge < -0.3 is 9.64 Å². The number of pyridine rings is 1. The number of amides is 2. The Bertz CT molecular complexity index is 1180. The van der Waals surface area contributed by atoms with Gasteiger partial charge in [0.05, 0.1) is 42.6 Å². The van der Waals surface area contributed by atoms with Crippen molar-refractivity contribution in [2.45, 2.75) is 32.9 Å². The fourth-order valence-corrected chi connectivity index (χ4v) is 3.81. The predicted octanol–water partition coefficient (Wildman–Crippen LogP) is 3.62. The van der Waals surface area contributed by atoms with Crippen molar-refractivity contribution in [1.29, 1.82) is 5.26 Å². The van der Waals surface area contributed by atoms with Gasteiger partial charge in [-0.25, -0.2) is 9.78 Å². The van der Waals surface area contributed by atoms with Crippen LogP contribution in [0, 0.1) is 11.3 Å². The van der Waals surface area contributed by atoms with E-state index in [1.165, 1.54) is 11.8 Å². The van der Waals surface area contributed by atoms with Gasteiger partial charge in [0.1, 0.15) is 0 Å². The standard InChI is InChI=1S/C23H22N6O3/c1-16-14-28(23(31)32-22-6-3-4-10-25-22)21-12-18(7-8-20(21)29(16)17(2)30)19-13-26-27(15-19)11-5-9-24/h3-4,6-8,10,12-13,15-16H,5,11,14H2,1-2H3/t16-/m0/s1. The van der Waals surface area contributed by atoms with Crippen LogP contribution in [0.2, 0.25) is 0 Å². The molecule has 162 valence electrons. The number of benzene rings is 1. The number of ether oxygens (including phenoxy) is 1. The number of aryl methyl sites for hydroxylation is 1. The molecule has 0 radical (unpaired) electrons. The Kier molecular flexibility index (Phi) is 5.85. The van der Waals surface area contributed by atoms with Crippen molar-refractivity contribution in [2.75, 3.05) is 16.3 Å². The first-order valence-corrected chi connectivity index (χ1v) is 10.2. The molecule has 0 unspecified atom stereocenters. The summed E-state index contributed by atoms with van der Waals surface area (Å²) in [4.78, 5) is 32.6. The minimum absolute atomic E-state index is 0.103. The van der Waals surface area contributed by atoms with Crippen molar-refractivity contribution in [2.24, 2.45) is 0 Å². The van der Waals surface area contributed by atoms with Crippen LogP contribution in [0.15, 0.2) is 55.0 Å². The Balaban J connectivity index is 1.71. The van der Waals surface area contributed by atoms with Crippen LogP contribution in [0.1, 0.15) is 20.3 Å². The number of fused-ring (bicyclic) bond motifs is 1. The summed E-state index contributed by atoms with van der Waals surface area (Å²) >= 11 is 0. The van der Waals surface area contributed by atoms with Gasteiger partial charge in [0.15, 0.2) is 0 Å². The van der Waals surface area contributed by atoms with Gasteiger partial charge in [-0.1, -0.05) is 12.1 Å². The maximum atomic E-state index is 13.0. The summed E-state index contributed by atoms with van der Waals surface area (Å²) in [7, 11) is 0. The molecule has 1 atom stereocenters. The highest BCUT2D eigenvalue weighted by molar-refractivity contribution is 6.03. The number of carbonyl (C=O) groups excluding carboxylic acids is 2. The Morgan fingerprint density at radius 2 is 2.06 bits per heavy atom. The molecule has 0 spiro atoms.